The van der Waals surface area contributed by atoms with Gasteiger partial charge in [-0.2, -0.15) is 4.98 Å². The highest BCUT2D eigenvalue weighted by atomic mass is 16.5. The van der Waals surface area contributed by atoms with E-state index in [9.17, 15) is 0 Å². The summed E-state index contributed by atoms with van der Waals surface area (Å²) in [6.07, 6.45) is 5.44. The predicted molar refractivity (Wildman–Crippen MR) is 87.9 cm³/mol. The van der Waals surface area contributed by atoms with Crippen molar-refractivity contribution < 1.29 is 4.74 Å². The molecule has 0 amide bonds. The van der Waals surface area contributed by atoms with Crippen LogP contribution in [0.25, 0.3) is 0 Å². The molecule has 0 unspecified atom stereocenters. The zero-order valence-corrected chi connectivity index (χ0v) is 13.5. The lowest BCUT2D eigenvalue weighted by Crippen LogP contribution is -2.09. The lowest BCUT2D eigenvalue weighted by atomic mass is 10.2. The minimum atomic E-state index is 0.470. The van der Waals surface area contributed by atoms with Gasteiger partial charge in [0.25, 0.3) is 0 Å². The molecule has 2 rings (SSSR count). The fourth-order valence-electron chi connectivity index (χ4n) is 1.92. The number of hydrogen-bond acceptors (Lipinski definition) is 5. The van der Waals surface area contributed by atoms with Gasteiger partial charge in [0.05, 0.1) is 6.61 Å². The van der Waals surface area contributed by atoms with Crippen LogP contribution in [-0.2, 0) is 13.0 Å². The van der Waals surface area contributed by atoms with E-state index in [1.165, 1.54) is 0 Å². The summed E-state index contributed by atoms with van der Waals surface area (Å²) in [4.78, 5) is 13.0. The second kappa shape index (κ2) is 8.32. The molecule has 5 heteroatoms. The molecule has 0 fully saturated rings. The second-order valence-corrected chi connectivity index (χ2v) is 5.67. The number of nitrogens with one attached hydrogen (secondary N) is 1. The molecule has 0 aliphatic rings. The Morgan fingerprint density at radius 3 is 2.64 bits per heavy atom. The van der Waals surface area contributed by atoms with Crippen molar-refractivity contribution in [1.82, 2.24) is 15.0 Å². The van der Waals surface area contributed by atoms with Gasteiger partial charge in [-0.15, -0.1) is 0 Å². The van der Waals surface area contributed by atoms with Crippen LogP contribution in [0.15, 0.2) is 30.6 Å². The van der Waals surface area contributed by atoms with Crippen molar-refractivity contribution in [3.63, 3.8) is 0 Å². The van der Waals surface area contributed by atoms with Crippen LogP contribution in [0, 0.1) is 5.92 Å². The Morgan fingerprint density at radius 1 is 1.18 bits per heavy atom. The van der Waals surface area contributed by atoms with E-state index < -0.39 is 0 Å². The number of aromatic nitrogens is 3. The van der Waals surface area contributed by atoms with Gasteiger partial charge in [-0.1, -0.05) is 20.8 Å². The number of aryl methyl sites for hydroxylation is 1. The Balaban J connectivity index is 2.07. The normalized spacial score (nSPS) is 10.7. The van der Waals surface area contributed by atoms with E-state index in [1.807, 2.05) is 18.2 Å². The first kappa shape index (κ1) is 16.2. The first-order valence-corrected chi connectivity index (χ1v) is 7.81. The molecule has 0 radical (unpaired) electrons. The van der Waals surface area contributed by atoms with E-state index in [0.29, 0.717) is 24.9 Å². The number of ether oxygens (including phenoxy) is 1. The molecule has 5 nitrogen and oxygen atoms in total. The summed E-state index contributed by atoms with van der Waals surface area (Å²) in [5.74, 6) is 2.73. The second-order valence-electron chi connectivity index (χ2n) is 5.67. The molecule has 0 saturated heterocycles. The average molecular weight is 300 g/mol. The van der Waals surface area contributed by atoms with Crippen molar-refractivity contribution >= 4 is 5.82 Å². The van der Waals surface area contributed by atoms with Crippen molar-refractivity contribution in [2.75, 3.05) is 11.9 Å². The molecular formula is C17H24N4O. The molecule has 0 aliphatic carbocycles. The van der Waals surface area contributed by atoms with Crippen LogP contribution < -0.4 is 10.1 Å². The maximum atomic E-state index is 5.75. The van der Waals surface area contributed by atoms with Gasteiger partial charge in [0.1, 0.15) is 11.6 Å². The van der Waals surface area contributed by atoms with E-state index in [0.717, 1.165) is 30.0 Å². The molecule has 0 aliphatic heterocycles. The summed E-state index contributed by atoms with van der Waals surface area (Å²) < 4.78 is 5.75. The number of nitrogens with zero attached hydrogens (tertiary/aromatic N) is 3. The topological polar surface area (TPSA) is 59.9 Å². The minimum Gasteiger partial charge on any atom is -0.477 e. The van der Waals surface area contributed by atoms with Gasteiger partial charge < -0.3 is 10.1 Å². The van der Waals surface area contributed by atoms with E-state index in [4.69, 9.17) is 4.74 Å². The Labute approximate surface area is 132 Å². The minimum absolute atomic E-state index is 0.470. The quantitative estimate of drug-likeness (QED) is 0.809. The first-order valence-electron chi connectivity index (χ1n) is 7.81. The molecule has 2 aromatic heterocycles. The van der Waals surface area contributed by atoms with Gasteiger partial charge in [-0.3, -0.25) is 4.98 Å². The Hall–Kier alpha value is -2.17. The molecule has 0 aromatic carbocycles. The largest absolute Gasteiger partial charge is 0.477 e. The lowest BCUT2D eigenvalue weighted by molar-refractivity contribution is 0.260. The van der Waals surface area contributed by atoms with Gasteiger partial charge in [-0.05, 0) is 30.0 Å². The summed E-state index contributed by atoms with van der Waals surface area (Å²) >= 11 is 0. The van der Waals surface area contributed by atoms with Crippen LogP contribution in [0.4, 0.5) is 5.82 Å². The smallest absolute Gasteiger partial charge is 0.218 e. The summed E-state index contributed by atoms with van der Waals surface area (Å²) in [7, 11) is 0. The number of anilines is 1. The SMILES string of the molecule is CCCc1nc(NCc2ccncc2)cc(OCC(C)C)n1. The molecule has 2 aromatic rings. The highest BCUT2D eigenvalue weighted by Crippen LogP contribution is 2.16. The molecule has 22 heavy (non-hydrogen) atoms. The Morgan fingerprint density at radius 2 is 1.95 bits per heavy atom. The van der Waals surface area contributed by atoms with E-state index >= 15 is 0 Å². The maximum Gasteiger partial charge on any atom is 0.218 e. The summed E-state index contributed by atoms with van der Waals surface area (Å²) in [5, 5.41) is 3.33. The predicted octanol–water partition coefficient (Wildman–Crippen LogP) is 3.47. The molecule has 0 saturated carbocycles. The van der Waals surface area contributed by atoms with Gasteiger partial charge in [0.15, 0.2) is 0 Å². The van der Waals surface area contributed by atoms with E-state index in [2.05, 4.69) is 41.0 Å². The number of rotatable bonds is 8. The van der Waals surface area contributed by atoms with Crippen LogP contribution in [0.1, 0.15) is 38.6 Å². The third kappa shape index (κ3) is 5.31. The Kier molecular flexibility index (Phi) is 6.13. The van der Waals surface area contributed by atoms with Crippen LogP contribution >= 0.6 is 0 Å². The molecule has 1 N–H and O–H groups in total. The summed E-state index contributed by atoms with van der Waals surface area (Å²) in [5.41, 5.74) is 1.16. The monoisotopic (exact) mass is 300 g/mol. The molecule has 0 atom stereocenters. The lowest BCUT2D eigenvalue weighted by Gasteiger charge is -2.12. The zero-order valence-electron chi connectivity index (χ0n) is 13.5. The number of pyridine rings is 1. The molecule has 0 bridgehead atoms. The van der Waals surface area contributed by atoms with Crippen molar-refractivity contribution in [3.8, 4) is 5.88 Å². The zero-order chi connectivity index (χ0) is 15.8. The van der Waals surface area contributed by atoms with Crippen molar-refractivity contribution in [1.29, 1.82) is 0 Å². The van der Waals surface area contributed by atoms with Gasteiger partial charge >= 0.3 is 0 Å². The average Bonchev–Trinajstić information content (AvgIpc) is 2.52. The molecule has 118 valence electrons. The molecular weight excluding hydrogens is 276 g/mol. The fourth-order valence-corrected chi connectivity index (χ4v) is 1.92. The van der Waals surface area contributed by atoms with Crippen LogP contribution in [0.5, 0.6) is 5.88 Å². The van der Waals surface area contributed by atoms with E-state index in [1.54, 1.807) is 12.4 Å². The maximum absolute atomic E-state index is 5.75. The van der Waals surface area contributed by atoms with E-state index in [-0.39, 0.29) is 0 Å². The fraction of sp³-hybridized carbons (Fsp3) is 0.471. The summed E-state index contributed by atoms with van der Waals surface area (Å²) in [6, 6.07) is 5.83. The van der Waals surface area contributed by atoms with Crippen molar-refractivity contribution in [3.05, 3.63) is 42.0 Å². The number of hydrogen-bond donors (Lipinski definition) is 1. The molecule has 2 heterocycles. The van der Waals surface area contributed by atoms with Crippen LogP contribution in [-0.4, -0.2) is 21.6 Å². The third-order valence-electron chi connectivity index (χ3n) is 3.01. The first-order chi connectivity index (χ1) is 10.7. The molecule has 0 spiro atoms. The van der Waals surface area contributed by atoms with Crippen molar-refractivity contribution in [2.24, 2.45) is 5.92 Å². The van der Waals surface area contributed by atoms with Gasteiger partial charge in [-0.25, -0.2) is 4.98 Å². The Bertz CT molecular complexity index is 572. The van der Waals surface area contributed by atoms with Crippen LogP contribution in [0.2, 0.25) is 0 Å². The van der Waals surface area contributed by atoms with Gasteiger partial charge in [0, 0.05) is 31.4 Å². The van der Waals surface area contributed by atoms with Crippen molar-refractivity contribution in [2.45, 2.75) is 40.2 Å². The third-order valence-corrected chi connectivity index (χ3v) is 3.01. The highest BCUT2D eigenvalue weighted by Gasteiger charge is 2.06. The van der Waals surface area contributed by atoms with Crippen LogP contribution in [0.3, 0.4) is 0 Å². The summed E-state index contributed by atoms with van der Waals surface area (Å²) in [6.45, 7) is 7.73. The van der Waals surface area contributed by atoms with Gasteiger partial charge in [0.2, 0.25) is 5.88 Å². The standard InChI is InChI=1S/C17H24N4O/c1-4-5-15-20-16(10-17(21-15)22-12-13(2)3)19-11-14-6-8-18-9-7-14/h6-10,13H,4-5,11-12H2,1-3H3,(H,19,20,21). The highest BCUT2D eigenvalue weighted by molar-refractivity contribution is 5.39.